The summed E-state index contributed by atoms with van der Waals surface area (Å²) in [6, 6.07) is 15.4. The first-order chi connectivity index (χ1) is 12.1. The lowest BCUT2D eigenvalue weighted by Gasteiger charge is -2.33. The average molecular weight is 341 g/mol. The molecule has 0 fully saturated rings. The molecule has 0 spiro atoms. The Kier molecular flexibility index (Phi) is 6.45. The van der Waals surface area contributed by atoms with Gasteiger partial charge in [-0.1, -0.05) is 38.1 Å². The minimum Gasteiger partial charge on any atom is -0.497 e. The molecule has 1 N–H and O–H groups in total. The summed E-state index contributed by atoms with van der Waals surface area (Å²) in [7, 11) is 3.24. The monoisotopic (exact) mass is 341 g/mol. The Morgan fingerprint density at radius 1 is 0.960 bits per heavy atom. The van der Waals surface area contributed by atoms with Crippen LogP contribution >= 0.6 is 0 Å². The van der Waals surface area contributed by atoms with Gasteiger partial charge in [0.1, 0.15) is 11.5 Å². The zero-order chi connectivity index (χ0) is 18.3. The molecule has 0 unspecified atom stereocenters. The molecule has 4 nitrogen and oxygen atoms in total. The molecule has 2 aromatic carbocycles. The Hall–Kier alpha value is -2.49. The third kappa shape index (κ3) is 4.13. The van der Waals surface area contributed by atoms with Crippen LogP contribution in [0.15, 0.2) is 48.5 Å². The number of rotatable bonds is 8. The third-order valence-corrected chi connectivity index (χ3v) is 4.99. The van der Waals surface area contributed by atoms with Crippen LogP contribution in [0.1, 0.15) is 42.6 Å². The van der Waals surface area contributed by atoms with Crippen LogP contribution in [0.3, 0.4) is 0 Å². The van der Waals surface area contributed by atoms with Crippen molar-refractivity contribution in [2.24, 2.45) is 0 Å². The number of benzene rings is 2. The van der Waals surface area contributed by atoms with Gasteiger partial charge in [0.25, 0.3) is 5.91 Å². The van der Waals surface area contributed by atoms with Crippen molar-refractivity contribution < 1.29 is 14.3 Å². The van der Waals surface area contributed by atoms with E-state index in [4.69, 9.17) is 9.47 Å². The summed E-state index contributed by atoms with van der Waals surface area (Å²) < 4.78 is 10.5. The normalized spacial score (nSPS) is 11.0. The quantitative estimate of drug-likeness (QED) is 0.783. The highest BCUT2D eigenvalue weighted by Gasteiger charge is 2.29. The van der Waals surface area contributed by atoms with E-state index in [-0.39, 0.29) is 11.3 Å². The van der Waals surface area contributed by atoms with Crippen molar-refractivity contribution in [3.8, 4) is 11.5 Å². The lowest BCUT2D eigenvalue weighted by Crippen LogP contribution is -2.40. The van der Waals surface area contributed by atoms with E-state index in [0.29, 0.717) is 17.9 Å². The molecule has 0 atom stereocenters. The predicted molar refractivity (Wildman–Crippen MR) is 101 cm³/mol. The number of nitrogens with one attached hydrogen (secondary N) is 1. The maximum absolute atomic E-state index is 12.6. The second kappa shape index (κ2) is 8.56. The molecule has 0 aliphatic carbocycles. The van der Waals surface area contributed by atoms with Gasteiger partial charge in [0, 0.05) is 12.0 Å². The van der Waals surface area contributed by atoms with Crippen molar-refractivity contribution in [3.63, 3.8) is 0 Å². The van der Waals surface area contributed by atoms with Crippen LogP contribution in [0.25, 0.3) is 0 Å². The molecular weight excluding hydrogens is 314 g/mol. The summed E-state index contributed by atoms with van der Waals surface area (Å²) in [6.45, 7) is 4.88. The van der Waals surface area contributed by atoms with Crippen molar-refractivity contribution in [1.29, 1.82) is 0 Å². The lowest BCUT2D eigenvalue weighted by atomic mass is 9.75. The number of ether oxygens (including phenoxy) is 2. The minimum absolute atomic E-state index is 0.107. The van der Waals surface area contributed by atoms with Crippen molar-refractivity contribution in [2.45, 2.75) is 32.1 Å². The summed E-state index contributed by atoms with van der Waals surface area (Å²) >= 11 is 0. The minimum atomic E-state index is -0.114. The molecule has 0 bridgehead atoms. The largest absolute Gasteiger partial charge is 0.497 e. The van der Waals surface area contributed by atoms with Gasteiger partial charge in [0.05, 0.1) is 19.8 Å². The first-order valence-corrected chi connectivity index (χ1v) is 8.66. The zero-order valence-corrected chi connectivity index (χ0v) is 15.5. The third-order valence-electron chi connectivity index (χ3n) is 4.99. The van der Waals surface area contributed by atoms with Crippen molar-refractivity contribution in [1.82, 2.24) is 5.32 Å². The fourth-order valence-corrected chi connectivity index (χ4v) is 3.13. The molecule has 0 heterocycles. The van der Waals surface area contributed by atoms with Crippen LogP contribution in [0.4, 0.5) is 0 Å². The van der Waals surface area contributed by atoms with Crippen molar-refractivity contribution in [2.75, 3.05) is 20.8 Å². The van der Waals surface area contributed by atoms with E-state index in [1.807, 2.05) is 24.3 Å². The molecule has 1 amide bonds. The number of methoxy groups -OCH3 is 2. The second-order valence-electron chi connectivity index (χ2n) is 6.10. The first-order valence-electron chi connectivity index (χ1n) is 8.66. The number of amides is 1. The van der Waals surface area contributed by atoms with Gasteiger partial charge in [0.15, 0.2) is 0 Å². The van der Waals surface area contributed by atoms with E-state index in [1.54, 1.807) is 26.4 Å². The van der Waals surface area contributed by atoms with Gasteiger partial charge in [-0.25, -0.2) is 0 Å². The average Bonchev–Trinajstić information content (AvgIpc) is 2.69. The number of carbonyl (C=O) groups is 1. The Bertz CT molecular complexity index is 691. The molecule has 0 radical (unpaired) electrons. The molecular formula is C21H27NO3. The molecule has 0 aromatic heterocycles. The van der Waals surface area contributed by atoms with Gasteiger partial charge in [-0.15, -0.1) is 0 Å². The van der Waals surface area contributed by atoms with Gasteiger partial charge in [-0.3, -0.25) is 4.79 Å². The molecule has 134 valence electrons. The van der Waals surface area contributed by atoms with Crippen LogP contribution in [0.5, 0.6) is 11.5 Å². The summed E-state index contributed by atoms with van der Waals surface area (Å²) in [5.74, 6) is 1.31. The fraction of sp³-hybridized carbons (Fsp3) is 0.381. The highest BCUT2D eigenvalue weighted by molar-refractivity contribution is 5.96. The maximum atomic E-state index is 12.6. The smallest absolute Gasteiger partial charge is 0.255 e. The van der Waals surface area contributed by atoms with Crippen molar-refractivity contribution in [3.05, 3.63) is 59.7 Å². The Labute approximate surface area is 150 Å². The van der Waals surface area contributed by atoms with E-state index in [1.165, 1.54) is 5.56 Å². The lowest BCUT2D eigenvalue weighted by molar-refractivity contribution is 0.0938. The molecule has 0 saturated carbocycles. The van der Waals surface area contributed by atoms with Gasteiger partial charge >= 0.3 is 0 Å². The van der Waals surface area contributed by atoms with E-state index >= 15 is 0 Å². The van der Waals surface area contributed by atoms with Crippen LogP contribution < -0.4 is 14.8 Å². The standard InChI is InChI=1S/C21H27NO3/c1-5-21(6-2,16-11-13-17(24-3)14-12-16)15-22-20(23)18-9-7-8-10-19(18)25-4/h7-14H,5-6,15H2,1-4H3,(H,22,23). The molecule has 2 aromatic rings. The van der Waals surface area contributed by atoms with E-state index in [2.05, 4.69) is 31.3 Å². The molecule has 25 heavy (non-hydrogen) atoms. The Balaban J connectivity index is 2.19. The highest BCUT2D eigenvalue weighted by atomic mass is 16.5. The molecule has 4 heteroatoms. The highest BCUT2D eigenvalue weighted by Crippen LogP contribution is 2.32. The molecule has 0 aliphatic rings. The summed E-state index contributed by atoms with van der Waals surface area (Å²) in [4.78, 5) is 12.6. The van der Waals surface area contributed by atoms with Gasteiger partial charge < -0.3 is 14.8 Å². The number of carbonyl (C=O) groups excluding carboxylic acids is 1. The second-order valence-corrected chi connectivity index (χ2v) is 6.10. The molecule has 0 aliphatic heterocycles. The fourth-order valence-electron chi connectivity index (χ4n) is 3.13. The van der Waals surface area contributed by atoms with Crippen LogP contribution in [0, 0.1) is 0 Å². The van der Waals surface area contributed by atoms with Gasteiger partial charge in [0.2, 0.25) is 0 Å². The van der Waals surface area contributed by atoms with Crippen LogP contribution in [0.2, 0.25) is 0 Å². The van der Waals surface area contributed by atoms with Crippen molar-refractivity contribution >= 4 is 5.91 Å². The number of hydrogen-bond donors (Lipinski definition) is 1. The number of hydrogen-bond acceptors (Lipinski definition) is 3. The predicted octanol–water partition coefficient (Wildman–Crippen LogP) is 4.19. The van der Waals surface area contributed by atoms with Gasteiger partial charge in [-0.05, 0) is 42.7 Å². The maximum Gasteiger partial charge on any atom is 0.255 e. The number of para-hydroxylation sites is 1. The molecule has 2 rings (SSSR count). The summed E-state index contributed by atoms with van der Waals surface area (Å²) in [5, 5.41) is 3.09. The Morgan fingerprint density at radius 2 is 1.60 bits per heavy atom. The first kappa shape index (κ1) is 18.8. The summed E-state index contributed by atoms with van der Waals surface area (Å²) in [6.07, 6.45) is 1.87. The summed E-state index contributed by atoms with van der Waals surface area (Å²) in [5.41, 5.74) is 1.66. The molecule has 0 saturated heterocycles. The zero-order valence-electron chi connectivity index (χ0n) is 15.5. The van der Waals surface area contributed by atoms with E-state index < -0.39 is 0 Å². The Morgan fingerprint density at radius 3 is 2.16 bits per heavy atom. The van der Waals surface area contributed by atoms with Gasteiger partial charge in [-0.2, -0.15) is 0 Å². The SMILES string of the molecule is CCC(CC)(CNC(=O)c1ccccc1OC)c1ccc(OC)cc1. The van der Waals surface area contributed by atoms with E-state index in [9.17, 15) is 4.79 Å². The van der Waals surface area contributed by atoms with Crippen LogP contribution in [-0.2, 0) is 5.41 Å². The topological polar surface area (TPSA) is 47.6 Å². The van der Waals surface area contributed by atoms with E-state index in [0.717, 1.165) is 18.6 Å². The van der Waals surface area contributed by atoms with Crippen LogP contribution in [-0.4, -0.2) is 26.7 Å².